The topological polar surface area (TPSA) is 42.1 Å². The van der Waals surface area contributed by atoms with Crippen LogP contribution in [0.2, 0.25) is 0 Å². The van der Waals surface area contributed by atoms with Gasteiger partial charge in [0.05, 0.1) is 18.4 Å². The van der Waals surface area contributed by atoms with Gasteiger partial charge in [0, 0.05) is 5.56 Å². The molecule has 0 bridgehead atoms. The maximum atomic E-state index is 12.2. The summed E-state index contributed by atoms with van der Waals surface area (Å²) in [7, 11) is 1.57. The summed E-state index contributed by atoms with van der Waals surface area (Å²) in [5.41, 5.74) is 4.39. The van der Waals surface area contributed by atoms with Gasteiger partial charge in [0.2, 0.25) is 5.88 Å². The van der Waals surface area contributed by atoms with Crippen LogP contribution < -0.4 is 4.74 Å². The molecule has 0 saturated heterocycles. The maximum absolute atomic E-state index is 12.2. The van der Waals surface area contributed by atoms with E-state index < -0.39 is 0 Å². The fraction of sp³-hybridized carbons (Fsp3) is 0.105. The summed E-state index contributed by atoms with van der Waals surface area (Å²) >= 11 is 0. The summed E-state index contributed by atoms with van der Waals surface area (Å²) in [5.74, 6) is 0.486. The number of nitrogens with one attached hydrogen (secondary N) is 1. The van der Waals surface area contributed by atoms with Crippen LogP contribution in [0.3, 0.4) is 0 Å². The van der Waals surface area contributed by atoms with Gasteiger partial charge in [-0.3, -0.25) is 4.79 Å². The molecule has 0 amide bonds. The molecule has 3 heteroatoms. The Morgan fingerprint density at radius 3 is 1.95 bits per heavy atom. The van der Waals surface area contributed by atoms with Gasteiger partial charge in [0.25, 0.3) is 0 Å². The second-order valence-corrected chi connectivity index (χ2v) is 5.07. The monoisotopic (exact) mass is 291 g/mol. The van der Waals surface area contributed by atoms with Crippen molar-refractivity contribution in [3.05, 3.63) is 66.2 Å². The van der Waals surface area contributed by atoms with E-state index in [1.165, 1.54) is 0 Å². The number of rotatable bonds is 4. The average molecular weight is 291 g/mol. The van der Waals surface area contributed by atoms with Crippen molar-refractivity contribution in [2.45, 2.75) is 6.92 Å². The smallest absolute Gasteiger partial charge is 0.202 e. The Bertz CT molecular complexity index is 789. The molecule has 3 rings (SSSR count). The minimum Gasteiger partial charge on any atom is -0.482 e. The zero-order valence-electron chi connectivity index (χ0n) is 12.6. The Morgan fingerprint density at radius 1 is 0.909 bits per heavy atom. The molecule has 1 heterocycles. The molecule has 0 atom stereocenters. The molecule has 2 aromatic carbocycles. The predicted molar refractivity (Wildman–Crippen MR) is 88.2 cm³/mol. The van der Waals surface area contributed by atoms with E-state index in [0.717, 1.165) is 22.4 Å². The maximum Gasteiger partial charge on any atom is 0.202 e. The highest BCUT2D eigenvalue weighted by Crippen LogP contribution is 2.39. The van der Waals surface area contributed by atoms with Crippen molar-refractivity contribution in [3.8, 4) is 28.3 Å². The molecule has 0 radical (unpaired) electrons. The molecular weight excluding hydrogens is 274 g/mol. The van der Waals surface area contributed by atoms with Crippen LogP contribution in [0.25, 0.3) is 22.4 Å². The normalized spacial score (nSPS) is 10.5. The van der Waals surface area contributed by atoms with Crippen LogP contribution in [0.1, 0.15) is 17.3 Å². The fourth-order valence-corrected chi connectivity index (χ4v) is 2.68. The van der Waals surface area contributed by atoms with E-state index in [2.05, 4.69) is 4.98 Å². The molecule has 0 spiro atoms. The number of hydrogen-bond donors (Lipinski definition) is 1. The molecule has 0 aliphatic rings. The SMILES string of the molecule is COc1[nH]c(-c2ccccc2)c(-c2ccccc2)c1C(C)=O. The molecule has 0 unspecified atom stereocenters. The molecule has 1 N–H and O–H groups in total. The minimum atomic E-state index is -0.0193. The predicted octanol–water partition coefficient (Wildman–Crippen LogP) is 4.56. The zero-order chi connectivity index (χ0) is 15.5. The first-order valence-electron chi connectivity index (χ1n) is 7.14. The zero-order valence-corrected chi connectivity index (χ0v) is 12.6. The lowest BCUT2D eigenvalue weighted by Gasteiger charge is -2.06. The van der Waals surface area contributed by atoms with E-state index in [1.54, 1.807) is 14.0 Å². The van der Waals surface area contributed by atoms with Crippen LogP contribution in [0.4, 0.5) is 0 Å². The van der Waals surface area contributed by atoms with Gasteiger partial charge in [-0.05, 0) is 18.1 Å². The van der Waals surface area contributed by atoms with Crippen molar-refractivity contribution < 1.29 is 9.53 Å². The second-order valence-electron chi connectivity index (χ2n) is 5.07. The van der Waals surface area contributed by atoms with Crippen molar-refractivity contribution in [2.24, 2.45) is 0 Å². The summed E-state index contributed by atoms with van der Waals surface area (Å²) in [6.07, 6.45) is 0. The average Bonchev–Trinajstić information content (AvgIpc) is 2.96. The van der Waals surface area contributed by atoms with E-state index in [1.807, 2.05) is 60.7 Å². The lowest BCUT2D eigenvalue weighted by Crippen LogP contribution is -1.97. The van der Waals surface area contributed by atoms with Crippen LogP contribution in [-0.4, -0.2) is 17.9 Å². The molecular formula is C19H17NO2. The number of aromatic nitrogens is 1. The Balaban J connectivity index is 2.33. The van der Waals surface area contributed by atoms with Crippen LogP contribution in [0, 0.1) is 0 Å². The summed E-state index contributed by atoms with van der Waals surface area (Å²) in [4.78, 5) is 15.4. The first kappa shape index (κ1) is 14.1. The molecule has 22 heavy (non-hydrogen) atoms. The highest BCUT2D eigenvalue weighted by atomic mass is 16.5. The summed E-state index contributed by atoms with van der Waals surface area (Å²) in [6, 6.07) is 19.9. The van der Waals surface area contributed by atoms with E-state index in [0.29, 0.717) is 11.4 Å². The number of ketones is 1. The second kappa shape index (κ2) is 5.90. The molecule has 0 fully saturated rings. The highest BCUT2D eigenvalue weighted by Gasteiger charge is 2.23. The van der Waals surface area contributed by atoms with E-state index in [9.17, 15) is 4.79 Å². The van der Waals surface area contributed by atoms with Gasteiger partial charge < -0.3 is 9.72 Å². The number of methoxy groups -OCH3 is 1. The third kappa shape index (κ3) is 2.42. The summed E-state index contributed by atoms with van der Waals surface area (Å²) in [5, 5.41) is 0. The largest absolute Gasteiger partial charge is 0.482 e. The molecule has 0 aliphatic heterocycles. The molecule has 0 aliphatic carbocycles. The number of carbonyl (C=O) groups excluding carboxylic acids is 1. The number of H-pyrrole nitrogens is 1. The third-order valence-electron chi connectivity index (χ3n) is 3.65. The van der Waals surface area contributed by atoms with Gasteiger partial charge in [-0.25, -0.2) is 0 Å². The van der Waals surface area contributed by atoms with E-state index >= 15 is 0 Å². The van der Waals surface area contributed by atoms with Gasteiger partial charge in [0.15, 0.2) is 5.78 Å². The Morgan fingerprint density at radius 2 is 1.45 bits per heavy atom. The van der Waals surface area contributed by atoms with Crippen LogP contribution in [-0.2, 0) is 0 Å². The first-order valence-corrected chi connectivity index (χ1v) is 7.14. The Hall–Kier alpha value is -2.81. The van der Waals surface area contributed by atoms with Gasteiger partial charge >= 0.3 is 0 Å². The number of benzene rings is 2. The van der Waals surface area contributed by atoms with Crippen LogP contribution >= 0.6 is 0 Å². The highest BCUT2D eigenvalue weighted by molar-refractivity contribution is 6.07. The van der Waals surface area contributed by atoms with Crippen LogP contribution in [0.5, 0.6) is 5.88 Å². The van der Waals surface area contributed by atoms with Crippen LogP contribution in [0.15, 0.2) is 60.7 Å². The quantitative estimate of drug-likeness (QED) is 0.716. The number of aromatic amines is 1. The summed E-state index contributed by atoms with van der Waals surface area (Å²) < 4.78 is 5.39. The lowest BCUT2D eigenvalue weighted by molar-refractivity contribution is 0.101. The first-order chi connectivity index (χ1) is 10.7. The Kier molecular flexibility index (Phi) is 3.79. The number of Topliss-reactive ketones (excluding diaryl/α,β-unsaturated/α-hetero) is 1. The van der Waals surface area contributed by atoms with Crippen molar-refractivity contribution in [1.82, 2.24) is 4.98 Å². The Labute approximate surface area is 129 Å². The number of ether oxygens (including phenoxy) is 1. The minimum absolute atomic E-state index is 0.0193. The van der Waals surface area contributed by atoms with Crippen molar-refractivity contribution in [1.29, 1.82) is 0 Å². The van der Waals surface area contributed by atoms with Gasteiger partial charge in [-0.1, -0.05) is 60.7 Å². The van der Waals surface area contributed by atoms with Crippen molar-refractivity contribution in [3.63, 3.8) is 0 Å². The molecule has 0 saturated carbocycles. The summed E-state index contributed by atoms with van der Waals surface area (Å²) in [6.45, 7) is 1.56. The van der Waals surface area contributed by atoms with E-state index in [4.69, 9.17) is 4.74 Å². The lowest BCUT2D eigenvalue weighted by atomic mass is 9.96. The number of carbonyl (C=O) groups is 1. The third-order valence-corrected chi connectivity index (χ3v) is 3.65. The standard InChI is InChI=1S/C19H17NO2/c1-13(21)16-17(14-9-5-3-6-10-14)18(20-19(16)22-2)15-11-7-4-8-12-15/h3-12,20H,1-2H3. The van der Waals surface area contributed by atoms with Gasteiger partial charge in [-0.2, -0.15) is 0 Å². The van der Waals surface area contributed by atoms with Crippen molar-refractivity contribution >= 4 is 5.78 Å². The van der Waals surface area contributed by atoms with Crippen molar-refractivity contribution in [2.75, 3.05) is 7.11 Å². The molecule has 110 valence electrons. The van der Waals surface area contributed by atoms with Gasteiger partial charge in [0.1, 0.15) is 0 Å². The number of hydrogen-bond acceptors (Lipinski definition) is 2. The molecule has 1 aromatic heterocycles. The molecule has 3 aromatic rings. The van der Waals surface area contributed by atoms with E-state index in [-0.39, 0.29) is 5.78 Å². The van der Waals surface area contributed by atoms with Gasteiger partial charge in [-0.15, -0.1) is 0 Å². The fourth-order valence-electron chi connectivity index (χ4n) is 2.68. The molecule has 3 nitrogen and oxygen atoms in total.